The number of hydrogen-bond acceptors (Lipinski definition) is 5. The van der Waals surface area contributed by atoms with Crippen LogP contribution in [0, 0.1) is 6.92 Å². The summed E-state index contributed by atoms with van der Waals surface area (Å²) < 4.78 is 5.19. The van der Waals surface area contributed by atoms with Gasteiger partial charge >= 0.3 is 0 Å². The SMILES string of the molecule is Cc1occc1C(=O)NC1CCN(CCC(=O)N2CCNCC2)CC1.Cl. The highest BCUT2D eigenvalue weighted by atomic mass is 35.5. The first-order valence-electron chi connectivity index (χ1n) is 9.19. The molecule has 0 saturated carbocycles. The number of hydrogen-bond donors (Lipinski definition) is 2. The van der Waals surface area contributed by atoms with E-state index in [1.807, 2.05) is 4.90 Å². The smallest absolute Gasteiger partial charge is 0.255 e. The molecule has 0 bridgehead atoms. The summed E-state index contributed by atoms with van der Waals surface area (Å²) in [6, 6.07) is 1.91. The molecule has 146 valence electrons. The number of aryl methyl sites for hydroxylation is 1. The van der Waals surface area contributed by atoms with Crippen LogP contribution in [-0.2, 0) is 4.79 Å². The maximum Gasteiger partial charge on any atom is 0.255 e. The van der Waals surface area contributed by atoms with Gasteiger partial charge in [-0.3, -0.25) is 9.59 Å². The van der Waals surface area contributed by atoms with E-state index in [1.54, 1.807) is 19.3 Å². The van der Waals surface area contributed by atoms with Gasteiger partial charge in [0, 0.05) is 58.3 Å². The van der Waals surface area contributed by atoms with Crippen LogP contribution in [0.15, 0.2) is 16.7 Å². The molecule has 2 aliphatic heterocycles. The number of nitrogens with zero attached hydrogens (tertiary/aromatic N) is 2. The quantitative estimate of drug-likeness (QED) is 0.792. The van der Waals surface area contributed by atoms with Crippen LogP contribution in [0.4, 0.5) is 0 Å². The van der Waals surface area contributed by atoms with Crippen molar-refractivity contribution in [1.82, 2.24) is 20.4 Å². The minimum absolute atomic E-state index is 0. The molecule has 2 fully saturated rings. The summed E-state index contributed by atoms with van der Waals surface area (Å²) in [6.45, 7) is 7.88. The number of piperidine rings is 1. The van der Waals surface area contributed by atoms with E-state index >= 15 is 0 Å². The van der Waals surface area contributed by atoms with E-state index in [4.69, 9.17) is 4.42 Å². The van der Waals surface area contributed by atoms with Crippen molar-refractivity contribution in [3.63, 3.8) is 0 Å². The highest BCUT2D eigenvalue weighted by Gasteiger charge is 2.23. The Morgan fingerprint density at radius 1 is 1.23 bits per heavy atom. The number of piperazine rings is 1. The molecule has 0 unspecified atom stereocenters. The molecule has 1 aromatic rings. The second-order valence-electron chi connectivity index (χ2n) is 6.86. The third-order valence-corrected chi connectivity index (χ3v) is 5.14. The number of halogens is 1. The van der Waals surface area contributed by atoms with Crippen molar-refractivity contribution in [3.8, 4) is 0 Å². The minimum atomic E-state index is -0.0569. The summed E-state index contributed by atoms with van der Waals surface area (Å²) in [7, 11) is 0. The molecule has 0 aromatic carbocycles. The molecule has 0 atom stereocenters. The zero-order valence-corrected chi connectivity index (χ0v) is 16.1. The van der Waals surface area contributed by atoms with E-state index < -0.39 is 0 Å². The van der Waals surface area contributed by atoms with E-state index in [0.29, 0.717) is 17.7 Å². The second-order valence-corrected chi connectivity index (χ2v) is 6.86. The molecule has 0 spiro atoms. The van der Waals surface area contributed by atoms with Crippen LogP contribution in [-0.4, -0.2) is 73.5 Å². The van der Waals surface area contributed by atoms with Gasteiger partial charge in [-0.05, 0) is 25.8 Å². The van der Waals surface area contributed by atoms with Crippen LogP contribution in [0.25, 0.3) is 0 Å². The van der Waals surface area contributed by atoms with Crippen LogP contribution < -0.4 is 10.6 Å². The van der Waals surface area contributed by atoms with Gasteiger partial charge in [-0.15, -0.1) is 12.4 Å². The number of amides is 2. The molecule has 26 heavy (non-hydrogen) atoms. The summed E-state index contributed by atoms with van der Waals surface area (Å²) in [4.78, 5) is 28.7. The third-order valence-electron chi connectivity index (χ3n) is 5.14. The Bertz CT molecular complexity index is 593. The van der Waals surface area contributed by atoms with Gasteiger partial charge < -0.3 is 24.9 Å². The summed E-state index contributed by atoms with van der Waals surface area (Å²) in [5, 5.41) is 6.36. The maximum absolute atomic E-state index is 12.2. The molecule has 7 nitrogen and oxygen atoms in total. The van der Waals surface area contributed by atoms with E-state index in [-0.39, 0.29) is 30.3 Å². The summed E-state index contributed by atoms with van der Waals surface area (Å²) in [6.07, 6.45) is 3.97. The standard InChI is InChI=1S/C18H28N4O3.ClH/c1-14-16(5-13-25-14)18(24)20-15-2-8-21(9-3-15)10-4-17(23)22-11-6-19-7-12-22;/h5,13,15,19H,2-4,6-12H2,1H3,(H,20,24);1H. The first-order valence-corrected chi connectivity index (χ1v) is 9.19. The lowest BCUT2D eigenvalue weighted by molar-refractivity contribution is -0.132. The van der Waals surface area contributed by atoms with Crippen LogP contribution in [0.2, 0.25) is 0 Å². The molecule has 2 saturated heterocycles. The number of furan rings is 1. The maximum atomic E-state index is 12.2. The van der Waals surface area contributed by atoms with Gasteiger partial charge in [-0.25, -0.2) is 0 Å². The second kappa shape index (κ2) is 9.94. The van der Waals surface area contributed by atoms with E-state index in [9.17, 15) is 9.59 Å². The fourth-order valence-corrected chi connectivity index (χ4v) is 3.51. The van der Waals surface area contributed by atoms with Crippen molar-refractivity contribution < 1.29 is 14.0 Å². The van der Waals surface area contributed by atoms with Crippen LogP contribution >= 0.6 is 12.4 Å². The molecule has 8 heteroatoms. The largest absolute Gasteiger partial charge is 0.469 e. The molecule has 2 amide bonds. The van der Waals surface area contributed by atoms with Gasteiger partial charge in [0.1, 0.15) is 5.76 Å². The lowest BCUT2D eigenvalue weighted by Gasteiger charge is -2.33. The zero-order valence-electron chi connectivity index (χ0n) is 15.3. The highest BCUT2D eigenvalue weighted by molar-refractivity contribution is 5.95. The predicted molar refractivity (Wildman–Crippen MR) is 102 cm³/mol. The number of carbonyl (C=O) groups excluding carboxylic acids is 2. The zero-order chi connectivity index (χ0) is 17.6. The molecule has 2 aliphatic rings. The summed E-state index contributed by atoms with van der Waals surface area (Å²) in [5.74, 6) is 0.854. The van der Waals surface area contributed by atoms with Crippen molar-refractivity contribution in [2.75, 3.05) is 45.8 Å². The molecule has 0 radical (unpaired) electrons. The minimum Gasteiger partial charge on any atom is -0.469 e. The Kier molecular flexibility index (Phi) is 7.93. The number of carbonyl (C=O) groups is 2. The highest BCUT2D eigenvalue weighted by Crippen LogP contribution is 2.14. The summed E-state index contributed by atoms with van der Waals surface area (Å²) >= 11 is 0. The molecular weight excluding hydrogens is 356 g/mol. The van der Waals surface area contributed by atoms with Crippen molar-refractivity contribution >= 4 is 24.2 Å². The Morgan fingerprint density at radius 3 is 2.54 bits per heavy atom. The fourth-order valence-electron chi connectivity index (χ4n) is 3.51. The van der Waals surface area contributed by atoms with Crippen LogP contribution in [0.5, 0.6) is 0 Å². The van der Waals surface area contributed by atoms with Gasteiger partial charge in [-0.2, -0.15) is 0 Å². The van der Waals surface area contributed by atoms with Gasteiger partial charge in [0.2, 0.25) is 5.91 Å². The first kappa shape index (κ1) is 20.7. The normalized spacial score (nSPS) is 19.0. The molecule has 1 aromatic heterocycles. The van der Waals surface area contributed by atoms with Crippen LogP contribution in [0.3, 0.4) is 0 Å². The Morgan fingerprint density at radius 2 is 1.92 bits per heavy atom. The molecule has 0 aliphatic carbocycles. The Hall–Kier alpha value is -1.57. The van der Waals surface area contributed by atoms with E-state index in [1.165, 1.54) is 0 Å². The Balaban J connectivity index is 0.00000243. The average molecular weight is 385 g/mol. The number of rotatable bonds is 5. The van der Waals surface area contributed by atoms with Crippen molar-refractivity contribution in [2.24, 2.45) is 0 Å². The Labute approximate surface area is 160 Å². The van der Waals surface area contributed by atoms with E-state index in [0.717, 1.165) is 58.7 Å². The van der Waals surface area contributed by atoms with Gasteiger partial charge in [-0.1, -0.05) is 0 Å². The average Bonchev–Trinajstić information content (AvgIpc) is 3.08. The van der Waals surface area contributed by atoms with E-state index in [2.05, 4.69) is 15.5 Å². The predicted octanol–water partition coefficient (Wildman–Crippen LogP) is 1.03. The number of nitrogens with one attached hydrogen (secondary N) is 2. The van der Waals surface area contributed by atoms with Gasteiger partial charge in [0.25, 0.3) is 5.91 Å². The fraction of sp³-hybridized carbons (Fsp3) is 0.667. The van der Waals surface area contributed by atoms with Crippen LogP contribution in [0.1, 0.15) is 35.4 Å². The van der Waals surface area contributed by atoms with Gasteiger partial charge in [0.15, 0.2) is 0 Å². The summed E-state index contributed by atoms with van der Waals surface area (Å²) in [5.41, 5.74) is 0.615. The molecule has 3 heterocycles. The lowest BCUT2D eigenvalue weighted by Crippen LogP contribution is -2.48. The third kappa shape index (κ3) is 5.46. The van der Waals surface area contributed by atoms with Gasteiger partial charge in [0.05, 0.1) is 11.8 Å². The first-order chi connectivity index (χ1) is 12.1. The molecule has 3 rings (SSSR count). The van der Waals surface area contributed by atoms with Crippen molar-refractivity contribution in [2.45, 2.75) is 32.2 Å². The van der Waals surface area contributed by atoms with Crippen molar-refractivity contribution in [1.29, 1.82) is 0 Å². The van der Waals surface area contributed by atoms with Crippen molar-refractivity contribution in [3.05, 3.63) is 23.7 Å². The monoisotopic (exact) mass is 384 g/mol. The molecule has 2 N–H and O–H groups in total. The number of likely N-dealkylation sites (tertiary alicyclic amines) is 1. The lowest BCUT2D eigenvalue weighted by atomic mass is 10.0. The molecular formula is C18H29ClN4O3. The topological polar surface area (TPSA) is 77.8 Å².